The van der Waals surface area contributed by atoms with Crippen LogP contribution in [0.3, 0.4) is 0 Å². The third-order valence-electron chi connectivity index (χ3n) is 9.88. The van der Waals surface area contributed by atoms with Crippen LogP contribution in [0.5, 0.6) is 0 Å². The molecule has 0 saturated carbocycles. The third kappa shape index (κ3) is 2.71. The van der Waals surface area contributed by atoms with E-state index in [0.29, 0.717) is 0 Å². The van der Waals surface area contributed by atoms with Gasteiger partial charge < -0.3 is 4.90 Å². The summed E-state index contributed by atoms with van der Waals surface area (Å²) in [4.78, 5) is 2.49. The molecule has 0 unspecified atom stereocenters. The molecule has 0 radical (unpaired) electrons. The summed E-state index contributed by atoms with van der Waals surface area (Å²) in [6.45, 7) is 4.70. The first-order valence-electron chi connectivity index (χ1n) is 14.5. The first-order valence-corrected chi connectivity index (χ1v) is 14.5. The van der Waals surface area contributed by atoms with Gasteiger partial charge in [0.1, 0.15) is 0 Å². The van der Waals surface area contributed by atoms with Crippen LogP contribution in [-0.4, -0.2) is 0 Å². The van der Waals surface area contributed by atoms with Crippen molar-refractivity contribution in [2.75, 3.05) is 4.90 Å². The van der Waals surface area contributed by atoms with E-state index < -0.39 is 0 Å². The molecule has 1 spiro atoms. The van der Waals surface area contributed by atoms with Crippen LogP contribution >= 0.6 is 0 Å². The summed E-state index contributed by atoms with van der Waals surface area (Å²) in [5.74, 6) is 0. The van der Waals surface area contributed by atoms with Gasteiger partial charge in [0.25, 0.3) is 0 Å². The van der Waals surface area contributed by atoms with E-state index in [-0.39, 0.29) is 10.8 Å². The lowest BCUT2D eigenvalue weighted by Crippen LogP contribution is -2.31. The van der Waals surface area contributed by atoms with Gasteiger partial charge in [0.15, 0.2) is 0 Å². The minimum Gasteiger partial charge on any atom is -0.310 e. The van der Waals surface area contributed by atoms with Gasteiger partial charge >= 0.3 is 0 Å². The summed E-state index contributed by atoms with van der Waals surface area (Å²) < 4.78 is 0. The van der Waals surface area contributed by atoms with E-state index in [1.54, 1.807) is 0 Å². The molecule has 1 aliphatic heterocycles. The van der Waals surface area contributed by atoms with Crippen molar-refractivity contribution in [2.45, 2.75) is 24.7 Å². The summed E-state index contributed by atoms with van der Waals surface area (Å²) in [6.07, 6.45) is 0. The van der Waals surface area contributed by atoms with Crippen molar-refractivity contribution in [3.63, 3.8) is 0 Å². The van der Waals surface area contributed by atoms with Crippen LogP contribution in [0, 0.1) is 0 Å². The molecule has 0 bridgehead atoms. The molecule has 9 rings (SSSR count). The molecule has 1 nitrogen and oxygen atoms in total. The maximum atomic E-state index is 2.49. The standard InChI is InChI=1S/C40H29N/c1-39(2)34-19-9-11-21-37(34)41(38-22-12-10-20-35(38)39)26-23-24-30-29-15-5-8-18-33(29)40(36(30)25-26)31-16-6-3-13-27(31)28-14-4-7-17-32(28)40/h3-25H,1-2H3. The van der Waals surface area contributed by atoms with Gasteiger partial charge in [-0.3, -0.25) is 0 Å². The van der Waals surface area contributed by atoms with Crippen molar-refractivity contribution >= 4 is 17.1 Å². The second-order valence-electron chi connectivity index (χ2n) is 12.1. The highest BCUT2D eigenvalue weighted by atomic mass is 15.2. The fraction of sp³-hybridized carbons (Fsp3) is 0.100. The maximum absolute atomic E-state index is 2.49. The SMILES string of the molecule is CC1(C)c2ccccc2N(c2ccc3c(c2)C2(c4ccccc4-c4ccccc42)c2ccccc2-3)c2ccccc21. The topological polar surface area (TPSA) is 3.24 Å². The van der Waals surface area contributed by atoms with Crippen LogP contribution in [-0.2, 0) is 10.8 Å². The van der Waals surface area contributed by atoms with E-state index >= 15 is 0 Å². The maximum Gasteiger partial charge on any atom is 0.0726 e. The number of hydrogen-bond donors (Lipinski definition) is 0. The number of anilines is 3. The van der Waals surface area contributed by atoms with Crippen LogP contribution in [0.25, 0.3) is 22.3 Å². The van der Waals surface area contributed by atoms with Crippen LogP contribution in [0.2, 0.25) is 0 Å². The lowest BCUT2D eigenvalue weighted by molar-refractivity contribution is 0.632. The fourth-order valence-corrected chi connectivity index (χ4v) is 8.17. The zero-order valence-corrected chi connectivity index (χ0v) is 23.2. The number of hydrogen-bond acceptors (Lipinski definition) is 1. The molecule has 41 heavy (non-hydrogen) atoms. The van der Waals surface area contributed by atoms with Gasteiger partial charge in [0.05, 0.1) is 16.8 Å². The van der Waals surface area contributed by atoms with Crippen LogP contribution in [0.15, 0.2) is 140 Å². The van der Waals surface area contributed by atoms with E-state index in [2.05, 4.69) is 158 Å². The molecule has 0 atom stereocenters. The van der Waals surface area contributed by atoms with Crippen molar-refractivity contribution in [3.05, 3.63) is 173 Å². The van der Waals surface area contributed by atoms with E-state index in [0.717, 1.165) is 0 Å². The van der Waals surface area contributed by atoms with Gasteiger partial charge in [-0.05, 0) is 79.9 Å². The number of benzene rings is 6. The molecule has 0 amide bonds. The zero-order valence-electron chi connectivity index (χ0n) is 23.2. The Morgan fingerprint density at radius 3 is 1.27 bits per heavy atom. The second kappa shape index (κ2) is 7.86. The summed E-state index contributed by atoms with van der Waals surface area (Å²) in [6, 6.07) is 52.1. The van der Waals surface area contributed by atoms with Crippen molar-refractivity contribution < 1.29 is 0 Å². The minimum atomic E-state index is -0.344. The Kier molecular flexibility index (Phi) is 4.39. The van der Waals surface area contributed by atoms with Crippen LogP contribution in [0.1, 0.15) is 47.2 Å². The molecule has 0 aromatic heterocycles. The molecule has 3 aliphatic rings. The third-order valence-corrected chi connectivity index (χ3v) is 9.88. The molecule has 0 fully saturated rings. The predicted molar refractivity (Wildman–Crippen MR) is 170 cm³/mol. The summed E-state index contributed by atoms with van der Waals surface area (Å²) in [7, 11) is 0. The van der Waals surface area contributed by atoms with E-state index in [9.17, 15) is 0 Å². The Bertz CT molecular complexity index is 1930. The lowest BCUT2D eigenvalue weighted by Gasteiger charge is -2.42. The normalized spacial score (nSPS) is 15.9. The Hall–Kier alpha value is -4.88. The Balaban J connectivity index is 1.37. The fourth-order valence-electron chi connectivity index (χ4n) is 8.17. The van der Waals surface area contributed by atoms with Gasteiger partial charge in [-0.1, -0.05) is 129 Å². The number of fused-ring (bicyclic) bond motifs is 12. The molecule has 1 heterocycles. The average molecular weight is 524 g/mol. The Morgan fingerprint density at radius 2 is 0.780 bits per heavy atom. The van der Waals surface area contributed by atoms with Crippen molar-refractivity contribution in [2.24, 2.45) is 0 Å². The van der Waals surface area contributed by atoms with Gasteiger partial charge in [-0.25, -0.2) is 0 Å². The molecule has 6 aromatic carbocycles. The number of para-hydroxylation sites is 2. The minimum absolute atomic E-state index is 0.0821. The monoisotopic (exact) mass is 523 g/mol. The largest absolute Gasteiger partial charge is 0.310 e. The van der Waals surface area contributed by atoms with E-state index in [1.807, 2.05) is 0 Å². The van der Waals surface area contributed by atoms with E-state index in [4.69, 9.17) is 0 Å². The molecular weight excluding hydrogens is 494 g/mol. The molecule has 2 aliphatic carbocycles. The summed E-state index contributed by atoms with van der Waals surface area (Å²) in [5.41, 5.74) is 16.9. The zero-order chi connectivity index (χ0) is 27.3. The highest BCUT2D eigenvalue weighted by Gasteiger charge is 2.51. The van der Waals surface area contributed by atoms with Crippen LogP contribution in [0.4, 0.5) is 17.1 Å². The molecule has 0 N–H and O–H groups in total. The quantitative estimate of drug-likeness (QED) is 0.207. The van der Waals surface area contributed by atoms with Crippen LogP contribution < -0.4 is 4.90 Å². The van der Waals surface area contributed by atoms with Crippen molar-refractivity contribution in [3.8, 4) is 22.3 Å². The highest BCUT2D eigenvalue weighted by molar-refractivity contribution is 5.96. The number of rotatable bonds is 1. The van der Waals surface area contributed by atoms with Gasteiger partial charge in [-0.2, -0.15) is 0 Å². The summed E-state index contributed by atoms with van der Waals surface area (Å²) in [5, 5.41) is 0. The Labute approximate surface area is 241 Å². The summed E-state index contributed by atoms with van der Waals surface area (Å²) >= 11 is 0. The molecule has 0 saturated heterocycles. The predicted octanol–water partition coefficient (Wildman–Crippen LogP) is 10.1. The van der Waals surface area contributed by atoms with Gasteiger partial charge in [0.2, 0.25) is 0 Å². The Morgan fingerprint density at radius 1 is 0.390 bits per heavy atom. The number of nitrogens with zero attached hydrogens (tertiary/aromatic N) is 1. The molecule has 6 aromatic rings. The average Bonchev–Trinajstić information content (AvgIpc) is 3.49. The molecule has 194 valence electrons. The molecule has 1 heteroatoms. The highest BCUT2D eigenvalue weighted by Crippen LogP contribution is 2.63. The van der Waals surface area contributed by atoms with Crippen molar-refractivity contribution in [1.82, 2.24) is 0 Å². The van der Waals surface area contributed by atoms with E-state index in [1.165, 1.54) is 72.7 Å². The van der Waals surface area contributed by atoms with Gasteiger partial charge in [0, 0.05) is 11.1 Å². The first-order chi connectivity index (χ1) is 20.1. The second-order valence-corrected chi connectivity index (χ2v) is 12.1. The van der Waals surface area contributed by atoms with Gasteiger partial charge in [-0.15, -0.1) is 0 Å². The smallest absolute Gasteiger partial charge is 0.0726 e. The van der Waals surface area contributed by atoms with Crippen molar-refractivity contribution in [1.29, 1.82) is 0 Å². The first kappa shape index (κ1) is 22.9. The lowest BCUT2D eigenvalue weighted by atomic mass is 9.70. The molecular formula is C40H29N.